The fraction of sp³-hybridized carbons (Fsp3) is 0. The van der Waals surface area contributed by atoms with Crippen LogP contribution in [0.4, 0.5) is 5.69 Å². The predicted molar refractivity (Wildman–Crippen MR) is 61.5 cm³/mol. The van der Waals surface area contributed by atoms with Gasteiger partial charge in [-0.15, -0.1) is 0 Å². The lowest BCUT2D eigenvalue weighted by molar-refractivity contribution is 1.12. The first-order valence-electron chi connectivity index (χ1n) is 3.86. The molecule has 6 heteroatoms. The summed E-state index contributed by atoms with van der Waals surface area (Å²) in [5.74, 6) is 0. The van der Waals surface area contributed by atoms with Gasteiger partial charge in [-0.2, -0.15) is 5.10 Å². The van der Waals surface area contributed by atoms with E-state index in [0.29, 0.717) is 5.02 Å². The number of rotatable bonds is 1. The highest BCUT2D eigenvalue weighted by molar-refractivity contribution is 7.80. The highest BCUT2D eigenvalue weighted by atomic mass is 35.5. The number of fused-ring (bicyclic) bond motifs is 1. The Morgan fingerprint density at radius 3 is 3.07 bits per heavy atom. The normalized spacial score (nSPS) is 10.4. The fourth-order valence-electron chi connectivity index (χ4n) is 1.24. The standard InChI is InChI=1S/C8H7ClN4S/c9-5-1-2-6(12-8(10)14)7-4(5)3-11-13-7/h1-3H,(H,11,13)(H3,10,12,14). The van der Waals surface area contributed by atoms with E-state index in [1.165, 1.54) is 0 Å². The predicted octanol–water partition coefficient (Wildman–Crippen LogP) is 1.87. The Balaban J connectivity index is 2.60. The Morgan fingerprint density at radius 2 is 2.36 bits per heavy atom. The molecule has 0 atom stereocenters. The van der Waals surface area contributed by atoms with E-state index in [-0.39, 0.29) is 5.11 Å². The summed E-state index contributed by atoms with van der Waals surface area (Å²) in [5.41, 5.74) is 6.94. The molecule has 0 saturated heterocycles. The quantitative estimate of drug-likeness (QED) is 0.650. The summed E-state index contributed by atoms with van der Waals surface area (Å²) in [4.78, 5) is 0. The molecule has 2 rings (SSSR count). The van der Waals surface area contributed by atoms with Crippen molar-refractivity contribution >= 4 is 45.5 Å². The van der Waals surface area contributed by atoms with E-state index in [2.05, 4.69) is 15.5 Å². The number of nitrogens with two attached hydrogens (primary N) is 1. The Hall–Kier alpha value is -1.33. The fourth-order valence-corrected chi connectivity index (χ4v) is 1.56. The molecule has 0 unspecified atom stereocenters. The molecule has 1 heterocycles. The maximum atomic E-state index is 5.96. The first-order chi connectivity index (χ1) is 6.68. The van der Waals surface area contributed by atoms with Gasteiger partial charge in [-0.3, -0.25) is 5.10 Å². The molecule has 0 saturated carbocycles. The van der Waals surface area contributed by atoms with Gasteiger partial charge in [-0.1, -0.05) is 11.6 Å². The van der Waals surface area contributed by atoms with Crippen LogP contribution in [0, 0.1) is 0 Å². The number of thiocarbonyl (C=S) groups is 1. The zero-order chi connectivity index (χ0) is 10.1. The van der Waals surface area contributed by atoms with Crippen LogP contribution in [0.15, 0.2) is 18.3 Å². The molecular formula is C8H7ClN4S. The van der Waals surface area contributed by atoms with Gasteiger partial charge >= 0.3 is 0 Å². The summed E-state index contributed by atoms with van der Waals surface area (Å²) < 4.78 is 0. The van der Waals surface area contributed by atoms with Gasteiger partial charge in [0.15, 0.2) is 5.11 Å². The number of benzene rings is 1. The van der Waals surface area contributed by atoms with Crippen molar-refractivity contribution in [3.8, 4) is 0 Å². The summed E-state index contributed by atoms with van der Waals surface area (Å²) in [6, 6.07) is 3.56. The van der Waals surface area contributed by atoms with Crippen molar-refractivity contribution in [2.45, 2.75) is 0 Å². The molecule has 72 valence electrons. The van der Waals surface area contributed by atoms with E-state index >= 15 is 0 Å². The molecule has 0 aliphatic heterocycles. The zero-order valence-corrected chi connectivity index (χ0v) is 8.62. The number of aromatic nitrogens is 2. The van der Waals surface area contributed by atoms with Crippen LogP contribution in [0.2, 0.25) is 5.02 Å². The van der Waals surface area contributed by atoms with Gasteiger partial charge in [-0.05, 0) is 24.4 Å². The van der Waals surface area contributed by atoms with Crippen molar-refractivity contribution in [2.24, 2.45) is 5.73 Å². The molecule has 0 fully saturated rings. The van der Waals surface area contributed by atoms with E-state index < -0.39 is 0 Å². The number of hydrogen-bond acceptors (Lipinski definition) is 2. The molecule has 0 aliphatic rings. The molecule has 2 aromatic rings. The summed E-state index contributed by atoms with van der Waals surface area (Å²) >= 11 is 10.7. The van der Waals surface area contributed by atoms with Crippen LogP contribution in [0.25, 0.3) is 10.9 Å². The molecule has 4 nitrogen and oxygen atoms in total. The van der Waals surface area contributed by atoms with Gasteiger partial charge in [0.05, 0.1) is 22.4 Å². The van der Waals surface area contributed by atoms with Crippen molar-refractivity contribution in [3.63, 3.8) is 0 Å². The average molecular weight is 227 g/mol. The SMILES string of the molecule is NC(=S)Nc1ccc(Cl)c2cn[nH]c12. The van der Waals surface area contributed by atoms with Gasteiger partial charge in [0.25, 0.3) is 0 Å². The van der Waals surface area contributed by atoms with Crippen molar-refractivity contribution in [2.75, 3.05) is 5.32 Å². The molecule has 1 aromatic heterocycles. The second-order valence-corrected chi connectivity index (χ2v) is 3.59. The van der Waals surface area contributed by atoms with Crippen LogP contribution >= 0.6 is 23.8 Å². The van der Waals surface area contributed by atoms with Crippen molar-refractivity contribution < 1.29 is 0 Å². The zero-order valence-electron chi connectivity index (χ0n) is 7.04. The van der Waals surface area contributed by atoms with E-state index in [4.69, 9.17) is 29.6 Å². The Kier molecular flexibility index (Phi) is 2.26. The first kappa shape index (κ1) is 9.23. The first-order valence-corrected chi connectivity index (χ1v) is 4.65. The Labute approximate surface area is 90.4 Å². The molecule has 14 heavy (non-hydrogen) atoms. The number of anilines is 1. The molecular weight excluding hydrogens is 220 g/mol. The third kappa shape index (κ3) is 1.51. The second kappa shape index (κ2) is 3.43. The van der Waals surface area contributed by atoms with E-state index in [0.717, 1.165) is 16.6 Å². The lowest BCUT2D eigenvalue weighted by atomic mass is 10.2. The van der Waals surface area contributed by atoms with Crippen LogP contribution in [0.3, 0.4) is 0 Å². The third-order valence-electron chi connectivity index (χ3n) is 1.82. The van der Waals surface area contributed by atoms with Crippen LogP contribution in [-0.4, -0.2) is 15.3 Å². The summed E-state index contributed by atoms with van der Waals surface area (Å²) in [7, 11) is 0. The smallest absolute Gasteiger partial charge is 0.168 e. The van der Waals surface area contributed by atoms with Gasteiger partial charge in [0.1, 0.15) is 0 Å². The van der Waals surface area contributed by atoms with Gasteiger partial charge < -0.3 is 11.1 Å². The van der Waals surface area contributed by atoms with E-state index in [1.54, 1.807) is 18.3 Å². The number of hydrogen-bond donors (Lipinski definition) is 3. The lowest BCUT2D eigenvalue weighted by Crippen LogP contribution is -2.19. The van der Waals surface area contributed by atoms with Crippen molar-refractivity contribution in [1.82, 2.24) is 10.2 Å². The number of nitrogens with zero attached hydrogens (tertiary/aromatic N) is 1. The van der Waals surface area contributed by atoms with Crippen molar-refractivity contribution in [3.05, 3.63) is 23.4 Å². The molecule has 4 N–H and O–H groups in total. The summed E-state index contributed by atoms with van der Waals surface area (Å²) in [6.07, 6.45) is 1.66. The minimum atomic E-state index is 0.211. The second-order valence-electron chi connectivity index (χ2n) is 2.74. The molecule has 0 radical (unpaired) electrons. The average Bonchev–Trinajstić information content (AvgIpc) is 2.58. The maximum Gasteiger partial charge on any atom is 0.168 e. The highest BCUT2D eigenvalue weighted by Crippen LogP contribution is 2.27. The largest absolute Gasteiger partial charge is 0.376 e. The summed E-state index contributed by atoms with van der Waals surface area (Å²) in [5, 5.41) is 11.3. The van der Waals surface area contributed by atoms with Crippen LogP contribution in [-0.2, 0) is 0 Å². The van der Waals surface area contributed by atoms with E-state index in [9.17, 15) is 0 Å². The highest BCUT2D eigenvalue weighted by Gasteiger charge is 2.06. The monoisotopic (exact) mass is 226 g/mol. The van der Waals surface area contributed by atoms with Crippen LogP contribution in [0.5, 0.6) is 0 Å². The Morgan fingerprint density at radius 1 is 1.57 bits per heavy atom. The number of aromatic amines is 1. The minimum absolute atomic E-state index is 0.211. The molecule has 0 spiro atoms. The molecule has 0 bridgehead atoms. The minimum Gasteiger partial charge on any atom is -0.376 e. The lowest BCUT2D eigenvalue weighted by Gasteiger charge is -2.04. The molecule has 1 aromatic carbocycles. The van der Waals surface area contributed by atoms with E-state index in [1.807, 2.05) is 0 Å². The molecule has 0 aliphatic carbocycles. The van der Waals surface area contributed by atoms with Crippen molar-refractivity contribution in [1.29, 1.82) is 0 Å². The number of H-pyrrole nitrogens is 1. The molecule has 0 amide bonds. The van der Waals surface area contributed by atoms with Gasteiger partial charge in [0, 0.05) is 5.39 Å². The number of halogens is 1. The third-order valence-corrected chi connectivity index (χ3v) is 2.25. The Bertz CT molecular complexity index is 493. The number of nitrogens with one attached hydrogen (secondary N) is 2. The maximum absolute atomic E-state index is 5.96. The van der Waals surface area contributed by atoms with Crippen LogP contribution < -0.4 is 11.1 Å². The summed E-state index contributed by atoms with van der Waals surface area (Å²) in [6.45, 7) is 0. The van der Waals surface area contributed by atoms with Gasteiger partial charge in [-0.25, -0.2) is 0 Å². The van der Waals surface area contributed by atoms with Gasteiger partial charge in [0.2, 0.25) is 0 Å². The van der Waals surface area contributed by atoms with Crippen LogP contribution in [0.1, 0.15) is 0 Å². The topological polar surface area (TPSA) is 66.7 Å².